The molecule has 1 heterocycles. The molecule has 1 aliphatic heterocycles. The second kappa shape index (κ2) is 3.91. The lowest BCUT2D eigenvalue weighted by Crippen LogP contribution is -2.23. The van der Waals surface area contributed by atoms with Gasteiger partial charge in [-0.15, -0.1) is 0 Å². The van der Waals surface area contributed by atoms with Crippen LogP contribution in [0, 0.1) is 5.92 Å². The molecule has 0 spiro atoms. The first-order valence-electron chi connectivity index (χ1n) is 5.26. The van der Waals surface area contributed by atoms with Crippen LogP contribution in [0.2, 0.25) is 0 Å². The maximum Gasteiger partial charge on any atom is 0.157 e. The Balaban J connectivity index is 1.79. The highest BCUT2D eigenvalue weighted by Crippen LogP contribution is 2.38. The van der Waals surface area contributed by atoms with E-state index in [4.69, 9.17) is 4.99 Å². The Morgan fingerprint density at radius 3 is 3.08 bits per heavy atom. The van der Waals surface area contributed by atoms with Crippen LogP contribution in [0.25, 0.3) is 0 Å². The lowest BCUT2D eigenvalue weighted by atomic mass is 10.2. The smallest absolute Gasteiger partial charge is 0.157 e. The molecule has 0 radical (unpaired) electrons. The van der Waals surface area contributed by atoms with Gasteiger partial charge in [0.05, 0.1) is 6.04 Å². The summed E-state index contributed by atoms with van der Waals surface area (Å²) >= 11 is 1.88. The number of thioether (sulfide) groups is 1. The third-order valence-electron chi connectivity index (χ3n) is 2.67. The fourth-order valence-corrected chi connectivity index (χ4v) is 2.78. The van der Waals surface area contributed by atoms with Crippen molar-refractivity contribution in [2.75, 3.05) is 5.75 Å². The van der Waals surface area contributed by atoms with E-state index in [1.165, 1.54) is 30.2 Å². The minimum atomic E-state index is 0.618. The molecule has 1 N–H and O–H groups in total. The molecule has 3 unspecified atom stereocenters. The number of aliphatic imine (C=N–C) groups is 1. The number of hydrogen-bond donors (Lipinski definition) is 1. The van der Waals surface area contributed by atoms with Gasteiger partial charge in [0.1, 0.15) is 0 Å². The van der Waals surface area contributed by atoms with E-state index in [1.807, 2.05) is 11.8 Å². The van der Waals surface area contributed by atoms with E-state index in [-0.39, 0.29) is 0 Å². The predicted molar refractivity (Wildman–Crippen MR) is 59.3 cm³/mol. The first-order valence-corrected chi connectivity index (χ1v) is 6.25. The minimum absolute atomic E-state index is 0.618. The van der Waals surface area contributed by atoms with Crippen molar-refractivity contribution in [2.24, 2.45) is 10.9 Å². The van der Waals surface area contributed by atoms with Crippen LogP contribution >= 0.6 is 11.8 Å². The molecule has 2 fully saturated rings. The van der Waals surface area contributed by atoms with Gasteiger partial charge in [-0.2, -0.15) is 0 Å². The van der Waals surface area contributed by atoms with Crippen LogP contribution < -0.4 is 5.32 Å². The van der Waals surface area contributed by atoms with Gasteiger partial charge in [-0.1, -0.05) is 25.1 Å². The zero-order valence-electron chi connectivity index (χ0n) is 8.42. The van der Waals surface area contributed by atoms with Crippen molar-refractivity contribution in [3.05, 3.63) is 0 Å². The van der Waals surface area contributed by atoms with Crippen molar-refractivity contribution in [2.45, 2.75) is 45.2 Å². The summed E-state index contributed by atoms with van der Waals surface area (Å²) in [6, 6.07) is 1.27. The SMILES string of the molecule is CCCC1CC1N=C1NC(C)CS1. The average Bonchev–Trinajstić information content (AvgIpc) is 2.66. The molecule has 1 saturated heterocycles. The first-order chi connectivity index (χ1) is 6.29. The molecule has 3 heteroatoms. The Labute approximate surface area is 84.6 Å². The highest BCUT2D eigenvalue weighted by atomic mass is 32.2. The maximum atomic E-state index is 4.71. The number of rotatable bonds is 3. The van der Waals surface area contributed by atoms with Crippen molar-refractivity contribution in [3.63, 3.8) is 0 Å². The van der Waals surface area contributed by atoms with Crippen LogP contribution in [-0.2, 0) is 0 Å². The van der Waals surface area contributed by atoms with E-state index < -0.39 is 0 Å². The predicted octanol–water partition coefficient (Wildman–Crippen LogP) is 2.26. The van der Waals surface area contributed by atoms with E-state index in [0.29, 0.717) is 12.1 Å². The number of nitrogens with zero attached hydrogens (tertiary/aromatic N) is 1. The van der Waals surface area contributed by atoms with Gasteiger partial charge in [-0.25, -0.2) is 0 Å². The third-order valence-corrected chi connectivity index (χ3v) is 3.83. The molecule has 0 amide bonds. The fourth-order valence-electron chi connectivity index (χ4n) is 1.79. The number of amidine groups is 1. The highest BCUT2D eigenvalue weighted by Gasteiger charge is 2.36. The summed E-state index contributed by atoms with van der Waals surface area (Å²) in [6.45, 7) is 4.47. The monoisotopic (exact) mass is 198 g/mol. The van der Waals surface area contributed by atoms with Crippen molar-refractivity contribution in [1.29, 1.82) is 0 Å². The van der Waals surface area contributed by atoms with Gasteiger partial charge in [0.15, 0.2) is 5.17 Å². The van der Waals surface area contributed by atoms with Crippen molar-refractivity contribution in [1.82, 2.24) is 5.32 Å². The Kier molecular flexibility index (Phi) is 2.82. The van der Waals surface area contributed by atoms with Crippen LogP contribution in [0.15, 0.2) is 4.99 Å². The molecule has 0 aromatic heterocycles. The number of nitrogens with one attached hydrogen (secondary N) is 1. The van der Waals surface area contributed by atoms with Crippen LogP contribution in [0.3, 0.4) is 0 Å². The van der Waals surface area contributed by atoms with Crippen LogP contribution in [0.5, 0.6) is 0 Å². The molecular formula is C10H18N2S. The summed E-state index contributed by atoms with van der Waals surface area (Å²) in [5.74, 6) is 2.08. The molecule has 1 aliphatic carbocycles. The summed E-state index contributed by atoms with van der Waals surface area (Å²) in [5.41, 5.74) is 0. The minimum Gasteiger partial charge on any atom is -0.362 e. The van der Waals surface area contributed by atoms with Gasteiger partial charge in [-0.05, 0) is 25.7 Å². The van der Waals surface area contributed by atoms with Crippen molar-refractivity contribution >= 4 is 16.9 Å². The lowest BCUT2D eigenvalue weighted by molar-refractivity contribution is 0.682. The molecule has 0 aromatic carbocycles. The van der Waals surface area contributed by atoms with Gasteiger partial charge < -0.3 is 5.32 Å². The third kappa shape index (κ3) is 2.39. The van der Waals surface area contributed by atoms with E-state index in [9.17, 15) is 0 Å². The summed E-state index contributed by atoms with van der Waals surface area (Å²) < 4.78 is 0. The summed E-state index contributed by atoms with van der Waals surface area (Å²) in [4.78, 5) is 4.71. The number of hydrogen-bond acceptors (Lipinski definition) is 2. The molecule has 13 heavy (non-hydrogen) atoms. The van der Waals surface area contributed by atoms with E-state index in [0.717, 1.165) is 5.92 Å². The van der Waals surface area contributed by atoms with Crippen LogP contribution in [0.4, 0.5) is 0 Å². The quantitative estimate of drug-likeness (QED) is 0.752. The van der Waals surface area contributed by atoms with Gasteiger partial charge in [0, 0.05) is 11.8 Å². The highest BCUT2D eigenvalue weighted by molar-refractivity contribution is 8.14. The summed E-state index contributed by atoms with van der Waals surface area (Å²) in [7, 11) is 0. The molecule has 3 atom stereocenters. The van der Waals surface area contributed by atoms with E-state index >= 15 is 0 Å². The fraction of sp³-hybridized carbons (Fsp3) is 0.900. The van der Waals surface area contributed by atoms with Crippen molar-refractivity contribution in [3.8, 4) is 0 Å². The zero-order chi connectivity index (χ0) is 9.26. The zero-order valence-corrected chi connectivity index (χ0v) is 9.23. The lowest BCUT2D eigenvalue weighted by Gasteiger charge is -2.00. The molecule has 0 aromatic rings. The van der Waals surface area contributed by atoms with Crippen LogP contribution in [-0.4, -0.2) is 23.0 Å². The second-order valence-electron chi connectivity index (χ2n) is 4.14. The van der Waals surface area contributed by atoms with Gasteiger partial charge in [-0.3, -0.25) is 4.99 Å². The largest absolute Gasteiger partial charge is 0.362 e. The van der Waals surface area contributed by atoms with Crippen molar-refractivity contribution < 1.29 is 0 Å². The molecule has 74 valence electrons. The van der Waals surface area contributed by atoms with Crippen LogP contribution in [0.1, 0.15) is 33.1 Å². The molecule has 2 rings (SSSR count). The Hall–Kier alpha value is -0.180. The molecule has 2 aliphatic rings. The van der Waals surface area contributed by atoms with Gasteiger partial charge >= 0.3 is 0 Å². The second-order valence-corrected chi connectivity index (χ2v) is 5.15. The van der Waals surface area contributed by atoms with E-state index in [2.05, 4.69) is 19.2 Å². The molecule has 0 bridgehead atoms. The Morgan fingerprint density at radius 1 is 1.62 bits per heavy atom. The Bertz CT molecular complexity index is 215. The summed E-state index contributed by atoms with van der Waals surface area (Å²) in [5, 5.41) is 4.59. The van der Waals surface area contributed by atoms with Gasteiger partial charge in [0.2, 0.25) is 0 Å². The average molecular weight is 198 g/mol. The van der Waals surface area contributed by atoms with Gasteiger partial charge in [0.25, 0.3) is 0 Å². The Morgan fingerprint density at radius 2 is 2.46 bits per heavy atom. The molecule has 1 saturated carbocycles. The first kappa shape index (κ1) is 9.38. The standard InChI is InChI=1S/C10H18N2S/c1-3-4-8-5-9(8)12-10-11-7(2)6-13-10/h7-9H,3-6H2,1-2H3,(H,11,12). The summed E-state index contributed by atoms with van der Waals surface area (Å²) in [6.07, 6.45) is 4.00. The topological polar surface area (TPSA) is 24.4 Å². The molecular weight excluding hydrogens is 180 g/mol. The molecule has 2 nitrogen and oxygen atoms in total. The normalized spacial score (nSPS) is 40.8. The maximum absolute atomic E-state index is 4.71. The van der Waals surface area contributed by atoms with E-state index in [1.54, 1.807) is 0 Å².